The van der Waals surface area contributed by atoms with E-state index >= 15 is 0 Å². The summed E-state index contributed by atoms with van der Waals surface area (Å²) in [5, 5.41) is 6.00. The van der Waals surface area contributed by atoms with E-state index in [1.807, 2.05) is 24.0 Å². The number of amides is 3. The van der Waals surface area contributed by atoms with Crippen molar-refractivity contribution < 1.29 is 9.59 Å². The monoisotopic (exact) mass is 346 g/mol. The van der Waals surface area contributed by atoms with Crippen molar-refractivity contribution >= 4 is 11.9 Å². The van der Waals surface area contributed by atoms with Crippen LogP contribution >= 0.6 is 0 Å². The average molecular weight is 346 g/mol. The van der Waals surface area contributed by atoms with Gasteiger partial charge in [0.25, 0.3) is 0 Å². The maximum Gasteiger partial charge on any atom is 0.317 e. The van der Waals surface area contributed by atoms with E-state index in [1.54, 1.807) is 12.4 Å². The van der Waals surface area contributed by atoms with Gasteiger partial charge in [-0.3, -0.25) is 9.78 Å². The molecule has 6 heteroatoms. The lowest BCUT2D eigenvalue weighted by Gasteiger charge is -2.33. The molecule has 2 N–H and O–H groups in total. The Balaban J connectivity index is 1.79. The Labute approximate surface area is 150 Å². The zero-order valence-electron chi connectivity index (χ0n) is 15.5. The minimum atomic E-state index is -0.0375. The molecular formula is C19H30N4O2. The van der Waals surface area contributed by atoms with Gasteiger partial charge in [-0.05, 0) is 49.3 Å². The van der Waals surface area contributed by atoms with Gasteiger partial charge in [-0.25, -0.2) is 4.79 Å². The number of aromatic nitrogens is 1. The minimum Gasteiger partial charge on any atom is -0.350 e. The number of carbonyl (C=O) groups is 2. The molecule has 0 radical (unpaired) electrons. The molecule has 0 saturated carbocycles. The predicted octanol–water partition coefficient (Wildman–Crippen LogP) is 2.73. The minimum absolute atomic E-state index is 0.0102. The summed E-state index contributed by atoms with van der Waals surface area (Å²) in [5.74, 6) is 0.701. The van der Waals surface area contributed by atoms with E-state index in [0.29, 0.717) is 25.4 Å². The molecule has 1 fully saturated rings. The molecule has 6 nitrogen and oxygen atoms in total. The molecule has 0 aliphatic carbocycles. The number of rotatable bonds is 6. The number of carbonyl (C=O) groups excluding carboxylic acids is 2. The third-order valence-electron chi connectivity index (χ3n) is 4.53. The number of urea groups is 1. The quantitative estimate of drug-likeness (QED) is 0.832. The summed E-state index contributed by atoms with van der Waals surface area (Å²) in [7, 11) is 0. The summed E-state index contributed by atoms with van der Waals surface area (Å²) >= 11 is 0. The summed E-state index contributed by atoms with van der Waals surface area (Å²) in [5.41, 5.74) is 1.04. The van der Waals surface area contributed by atoms with Crippen LogP contribution in [0.15, 0.2) is 24.5 Å². The fourth-order valence-corrected chi connectivity index (χ4v) is 3.12. The predicted molar refractivity (Wildman–Crippen MR) is 97.9 cm³/mol. The molecule has 2 rings (SSSR count). The zero-order chi connectivity index (χ0) is 18.2. The molecule has 138 valence electrons. The molecule has 2 atom stereocenters. The molecule has 0 aromatic carbocycles. The highest BCUT2D eigenvalue weighted by Crippen LogP contribution is 2.20. The van der Waals surface area contributed by atoms with Crippen LogP contribution in [0, 0.1) is 11.8 Å². The van der Waals surface area contributed by atoms with Gasteiger partial charge in [-0.15, -0.1) is 0 Å². The van der Waals surface area contributed by atoms with Crippen molar-refractivity contribution in [3.05, 3.63) is 30.1 Å². The summed E-state index contributed by atoms with van der Waals surface area (Å²) in [6, 6.07) is 3.77. The van der Waals surface area contributed by atoms with Crippen LogP contribution in [0.2, 0.25) is 0 Å². The van der Waals surface area contributed by atoms with E-state index in [4.69, 9.17) is 0 Å². The smallest absolute Gasteiger partial charge is 0.317 e. The van der Waals surface area contributed by atoms with Crippen LogP contribution in [0.5, 0.6) is 0 Å². The van der Waals surface area contributed by atoms with Gasteiger partial charge in [-0.2, -0.15) is 0 Å². The Hall–Kier alpha value is -2.11. The van der Waals surface area contributed by atoms with E-state index in [-0.39, 0.29) is 23.9 Å². The molecule has 0 bridgehead atoms. The molecule has 1 aromatic heterocycles. The lowest BCUT2D eigenvalue weighted by atomic mass is 9.94. The number of likely N-dealkylation sites (tertiary alicyclic amines) is 1. The van der Waals surface area contributed by atoms with Gasteiger partial charge >= 0.3 is 6.03 Å². The van der Waals surface area contributed by atoms with Crippen LogP contribution in [0.4, 0.5) is 4.79 Å². The molecule has 3 amide bonds. The highest BCUT2D eigenvalue weighted by molar-refractivity contribution is 5.77. The maximum absolute atomic E-state index is 12.3. The van der Waals surface area contributed by atoms with Gasteiger partial charge in [0, 0.05) is 38.4 Å². The Kier molecular flexibility index (Phi) is 7.22. The van der Waals surface area contributed by atoms with Gasteiger partial charge in [0.1, 0.15) is 0 Å². The SMILES string of the molecule is CC(C)CNC(=O)N1CCC[C@@H](CC(=O)N[C@@H](C)c2ccncc2)C1. The van der Waals surface area contributed by atoms with Crippen LogP contribution in [-0.2, 0) is 4.79 Å². The lowest BCUT2D eigenvalue weighted by molar-refractivity contribution is -0.123. The van der Waals surface area contributed by atoms with Crippen LogP contribution in [-0.4, -0.2) is 41.5 Å². The fraction of sp³-hybridized carbons (Fsp3) is 0.632. The molecule has 0 spiro atoms. The molecule has 1 saturated heterocycles. The first kappa shape index (κ1) is 19.2. The Morgan fingerprint density at radius 1 is 1.28 bits per heavy atom. The van der Waals surface area contributed by atoms with Gasteiger partial charge in [-0.1, -0.05) is 13.8 Å². The van der Waals surface area contributed by atoms with Gasteiger partial charge < -0.3 is 15.5 Å². The van der Waals surface area contributed by atoms with Crippen LogP contribution in [0.3, 0.4) is 0 Å². The number of hydrogen-bond acceptors (Lipinski definition) is 3. The van der Waals surface area contributed by atoms with Crippen LogP contribution in [0.25, 0.3) is 0 Å². The van der Waals surface area contributed by atoms with Crippen molar-refractivity contribution in [2.75, 3.05) is 19.6 Å². The van der Waals surface area contributed by atoms with Crippen LogP contribution < -0.4 is 10.6 Å². The lowest BCUT2D eigenvalue weighted by Crippen LogP contribution is -2.47. The molecule has 0 unspecified atom stereocenters. The summed E-state index contributed by atoms with van der Waals surface area (Å²) < 4.78 is 0. The second kappa shape index (κ2) is 9.39. The first-order valence-electron chi connectivity index (χ1n) is 9.17. The Morgan fingerprint density at radius 3 is 2.68 bits per heavy atom. The van der Waals surface area contributed by atoms with E-state index in [0.717, 1.165) is 24.9 Å². The fourth-order valence-electron chi connectivity index (χ4n) is 3.12. The average Bonchev–Trinajstić information content (AvgIpc) is 2.60. The van der Waals surface area contributed by atoms with Crippen molar-refractivity contribution in [1.82, 2.24) is 20.5 Å². The van der Waals surface area contributed by atoms with Crippen LogP contribution in [0.1, 0.15) is 51.6 Å². The molecule has 2 heterocycles. The zero-order valence-corrected chi connectivity index (χ0v) is 15.5. The molecular weight excluding hydrogens is 316 g/mol. The highest BCUT2D eigenvalue weighted by atomic mass is 16.2. The maximum atomic E-state index is 12.3. The summed E-state index contributed by atoms with van der Waals surface area (Å²) in [6.45, 7) is 8.24. The van der Waals surface area contributed by atoms with Crippen molar-refractivity contribution in [2.45, 2.75) is 46.1 Å². The second-order valence-electron chi connectivity index (χ2n) is 7.31. The third-order valence-corrected chi connectivity index (χ3v) is 4.53. The van der Waals surface area contributed by atoms with Crippen molar-refractivity contribution in [3.63, 3.8) is 0 Å². The van der Waals surface area contributed by atoms with Gasteiger partial charge in [0.2, 0.25) is 5.91 Å². The number of nitrogens with one attached hydrogen (secondary N) is 2. The number of hydrogen-bond donors (Lipinski definition) is 2. The van der Waals surface area contributed by atoms with Gasteiger partial charge in [0.15, 0.2) is 0 Å². The van der Waals surface area contributed by atoms with E-state index < -0.39 is 0 Å². The second-order valence-corrected chi connectivity index (χ2v) is 7.31. The summed E-state index contributed by atoms with van der Waals surface area (Å²) in [6.07, 6.45) is 5.86. The van der Waals surface area contributed by atoms with Crippen molar-refractivity contribution in [3.8, 4) is 0 Å². The standard InChI is InChI=1S/C19H30N4O2/c1-14(2)12-21-19(25)23-10-4-5-16(13-23)11-18(24)22-15(3)17-6-8-20-9-7-17/h6-9,14-16H,4-5,10-13H2,1-3H3,(H,21,25)(H,22,24)/t15-,16-/m0/s1. The number of pyridine rings is 1. The Morgan fingerprint density at radius 2 is 2.00 bits per heavy atom. The first-order chi connectivity index (χ1) is 12.0. The van der Waals surface area contributed by atoms with Crippen molar-refractivity contribution in [1.29, 1.82) is 0 Å². The topological polar surface area (TPSA) is 74.3 Å². The molecule has 1 aromatic rings. The number of nitrogens with zero attached hydrogens (tertiary/aromatic N) is 2. The third kappa shape index (κ3) is 6.36. The van der Waals surface area contributed by atoms with Crippen molar-refractivity contribution in [2.24, 2.45) is 11.8 Å². The largest absolute Gasteiger partial charge is 0.350 e. The van der Waals surface area contributed by atoms with E-state index in [9.17, 15) is 9.59 Å². The highest BCUT2D eigenvalue weighted by Gasteiger charge is 2.25. The summed E-state index contributed by atoms with van der Waals surface area (Å²) in [4.78, 5) is 30.4. The molecule has 1 aliphatic heterocycles. The molecule has 1 aliphatic rings. The van der Waals surface area contributed by atoms with E-state index in [1.165, 1.54) is 0 Å². The van der Waals surface area contributed by atoms with E-state index in [2.05, 4.69) is 29.5 Å². The van der Waals surface area contributed by atoms with Gasteiger partial charge in [0.05, 0.1) is 6.04 Å². The molecule has 25 heavy (non-hydrogen) atoms. The Bertz CT molecular complexity index is 562. The first-order valence-corrected chi connectivity index (χ1v) is 9.17. The number of piperidine rings is 1. The normalized spacial score (nSPS) is 18.7.